The molecule has 10 nitrogen and oxygen atoms in total. The maximum absolute atomic E-state index is 14.7. The number of benzene rings is 4. The summed E-state index contributed by atoms with van der Waals surface area (Å²) < 4.78 is 96.2. The molecule has 1 fully saturated rings. The van der Waals surface area contributed by atoms with Crippen LogP contribution in [0.25, 0.3) is 0 Å². The van der Waals surface area contributed by atoms with Crippen LogP contribution in [0.2, 0.25) is 5.02 Å². The molecular weight excluding hydrogens is 786 g/mol. The van der Waals surface area contributed by atoms with Crippen LogP contribution >= 0.6 is 11.6 Å². The molecule has 0 spiro atoms. The number of aromatic nitrogens is 1. The number of nitrogens with zero attached hydrogens (tertiary/aromatic N) is 4. The van der Waals surface area contributed by atoms with Gasteiger partial charge in [-0.2, -0.15) is 22.7 Å². The molecule has 0 bridgehead atoms. The second-order valence-electron chi connectivity index (χ2n) is 13.2. The highest BCUT2D eigenvalue weighted by Gasteiger charge is 2.35. The Morgan fingerprint density at radius 3 is 2.00 bits per heavy atom. The molecule has 296 valence electrons. The lowest BCUT2D eigenvalue weighted by Crippen LogP contribution is -2.38. The van der Waals surface area contributed by atoms with Crippen LogP contribution in [0.5, 0.6) is 11.5 Å². The Balaban J connectivity index is 1.42. The van der Waals surface area contributed by atoms with Gasteiger partial charge in [-0.05, 0) is 90.0 Å². The van der Waals surface area contributed by atoms with E-state index in [0.29, 0.717) is 41.5 Å². The van der Waals surface area contributed by atoms with Crippen molar-refractivity contribution in [2.75, 3.05) is 32.6 Å². The number of ether oxygens (including phenoxy) is 2. The molecule has 0 radical (unpaired) electrons. The van der Waals surface area contributed by atoms with Crippen molar-refractivity contribution < 1.29 is 40.2 Å². The molecular formula is C41H36ClF4N5O5S. The molecule has 0 aliphatic carbocycles. The summed E-state index contributed by atoms with van der Waals surface area (Å²) in [4.78, 5) is 20.0. The van der Waals surface area contributed by atoms with Gasteiger partial charge >= 0.3 is 6.18 Å². The third kappa shape index (κ3) is 9.31. The lowest BCUT2D eigenvalue weighted by Gasteiger charge is -2.33. The Hall–Kier alpha value is -5.69. The average Bonchev–Trinajstić information content (AvgIpc) is 3.21. The second-order valence-corrected chi connectivity index (χ2v) is 15.5. The Morgan fingerprint density at radius 1 is 0.930 bits per heavy atom. The predicted octanol–water partition coefficient (Wildman–Crippen LogP) is 8.94. The number of likely N-dealkylation sites (tertiary alicyclic amines) is 1. The fourth-order valence-electron chi connectivity index (χ4n) is 6.53. The molecule has 5 aromatic rings. The largest absolute Gasteiger partial charge is 0.497 e. The number of pyridine rings is 1. The van der Waals surface area contributed by atoms with E-state index < -0.39 is 37.7 Å². The van der Waals surface area contributed by atoms with Crippen molar-refractivity contribution in [3.8, 4) is 17.6 Å². The van der Waals surface area contributed by atoms with Crippen LogP contribution in [0, 0.1) is 17.1 Å². The number of rotatable bonds is 12. The number of carbonyl (C=O) groups is 1. The summed E-state index contributed by atoms with van der Waals surface area (Å²) in [6.45, 7) is 0.190. The van der Waals surface area contributed by atoms with Gasteiger partial charge in [0.05, 0.1) is 42.3 Å². The van der Waals surface area contributed by atoms with Crippen LogP contribution in [0.15, 0.2) is 102 Å². The summed E-state index contributed by atoms with van der Waals surface area (Å²) >= 11 is 6.93. The van der Waals surface area contributed by atoms with Crippen molar-refractivity contribution in [2.45, 2.75) is 43.1 Å². The van der Waals surface area contributed by atoms with Gasteiger partial charge in [-0.3, -0.25) is 4.79 Å². The Labute approximate surface area is 332 Å². The minimum Gasteiger partial charge on any atom is -0.497 e. The van der Waals surface area contributed by atoms with E-state index in [1.54, 1.807) is 60.7 Å². The summed E-state index contributed by atoms with van der Waals surface area (Å²) in [7, 11) is -1.64. The van der Waals surface area contributed by atoms with Gasteiger partial charge in [0.2, 0.25) is 0 Å². The van der Waals surface area contributed by atoms with E-state index in [2.05, 4.69) is 10.3 Å². The van der Waals surface area contributed by atoms with E-state index in [9.17, 15) is 36.0 Å². The van der Waals surface area contributed by atoms with Crippen LogP contribution in [-0.4, -0.2) is 55.8 Å². The van der Waals surface area contributed by atoms with Gasteiger partial charge in [0.1, 0.15) is 28.4 Å². The Bertz CT molecular complexity index is 2330. The zero-order valence-electron chi connectivity index (χ0n) is 30.7. The van der Waals surface area contributed by atoms with E-state index >= 15 is 0 Å². The fraction of sp³-hybridized carbons (Fsp3) is 0.244. The zero-order valence-corrected chi connectivity index (χ0v) is 32.3. The number of sulfonamides is 1. The summed E-state index contributed by atoms with van der Waals surface area (Å²) in [5, 5.41) is 11.3. The molecule has 1 aliphatic heterocycles. The van der Waals surface area contributed by atoms with Crippen LogP contribution < -0.4 is 14.8 Å². The average molecular weight is 822 g/mol. The van der Waals surface area contributed by atoms with Gasteiger partial charge in [0, 0.05) is 32.4 Å². The molecule has 2 heterocycles. The molecule has 1 aliphatic rings. The third-order valence-corrected chi connectivity index (χ3v) is 11.9. The molecule has 4 aromatic carbocycles. The quantitative estimate of drug-likeness (QED) is 0.124. The Kier molecular flexibility index (Phi) is 12.4. The molecule has 0 unspecified atom stereocenters. The Morgan fingerprint density at radius 2 is 1.49 bits per heavy atom. The lowest BCUT2D eigenvalue weighted by molar-refractivity contribution is -0.137. The predicted molar refractivity (Wildman–Crippen MR) is 205 cm³/mol. The van der Waals surface area contributed by atoms with Crippen LogP contribution in [0.4, 0.5) is 28.9 Å². The van der Waals surface area contributed by atoms with Crippen LogP contribution in [-0.2, 0) is 29.3 Å². The van der Waals surface area contributed by atoms with Crippen molar-refractivity contribution in [1.29, 1.82) is 5.26 Å². The number of anilines is 2. The molecule has 1 N–H and O–H groups in total. The minimum atomic E-state index is -4.79. The van der Waals surface area contributed by atoms with Crippen molar-refractivity contribution in [2.24, 2.45) is 0 Å². The van der Waals surface area contributed by atoms with Crippen molar-refractivity contribution in [3.05, 3.63) is 141 Å². The summed E-state index contributed by atoms with van der Waals surface area (Å²) in [6.07, 6.45) is -2.73. The molecule has 0 atom stereocenters. The number of nitrogens with one attached hydrogen (secondary N) is 1. The fourth-order valence-corrected chi connectivity index (χ4v) is 8.42. The summed E-state index contributed by atoms with van der Waals surface area (Å²) in [6, 6.07) is 23.8. The third-order valence-electron chi connectivity index (χ3n) is 9.69. The van der Waals surface area contributed by atoms with Gasteiger partial charge in [0.25, 0.3) is 15.9 Å². The van der Waals surface area contributed by atoms with Crippen LogP contribution in [0.1, 0.15) is 56.9 Å². The van der Waals surface area contributed by atoms with Crippen molar-refractivity contribution in [3.63, 3.8) is 0 Å². The maximum atomic E-state index is 14.7. The van der Waals surface area contributed by atoms with Gasteiger partial charge < -0.3 is 19.7 Å². The minimum absolute atomic E-state index is 0.0344. The SMILES string of the molecule is COc1ccc(CN(Cc2ccc(OC)cc2)S(=O)(=O)c2ncc(C(=O)N3CCC(c4ccc(F)cc4)CC3)c(Nc3cc(C(F)(F)F)ccc3C#N)c2Cl)cc1. The number of hydrogen-bond acceptors (Lipinski definition) is 8. The molecule has 6 rings (SSSR count). The first-order chi connectivity index (χ1) is 27.2. The first-order valence-electron chi connectivity index (χ1n) is 17.6. The second kappa shape index (κ2) is 17.2. The number of hydrogen-bond donors (Lipinski definition) is 1. The number of piperidine rings is 1. The molecule has 57 heavy (non-hydrogen) atoms. The van der Waals surface area contributed by atoms with Gasteiger partial charge in [0.15, 0.2) is 5.03 Å². The molecule has 16 heteroatoms. The molecule has 1 saturated heterocycles. The highest BCUT2D eigenvalue weighted by molar-refractivity contribution is 7.89. The molecule has 1 aromatic heterocycles. The maximum Gasteiger partial charge on any atom is 0.416 e. The van der Waals surface area contributed by atoms with Crippen molar-refractivity contribution >= 4 is 38.9 Å². The monoisotopic (exact) mass is 821 g/mol. The normalized spacial score (nSPS) is 13.6. The van der Waals surface area contributed by atoms with E-state index in [1.165, 1.54) is 31.3 Å². The van der Waals surface area contributed by atoms with E-state index in [0.717, 1.165) is 28.2 Å². The first-order valence-corrected chi connectivity index (χ1v) is 19.4. The number of alkyl halides is 3. The van der Waals surface area contributed by atoms with Crippen LogP contribution in [0.3, 0.4) is 0 Å². The van der Waals surface area contributed by atoms with E-state index in [4.69, 9.17) is 21.1 Å². The van der Waals surface area contributed by atoms with Gasteiger partial charge in [-0.25, -0.2) is 17.8 Å². The smallest absolute Gasteiger partial charge is 0.416 e. The van der Waals surface area contributed by atoms with E-state index in [1.807, 2.05) is 6.07 Å². The number of methoxy groups -OCH3 is 2. The highest BCUT2D eigenvalue weighted by atomic mass is 35.5. The van der Waals surface area contributed by atoms with Gasteiger partial charge in [-0.1, -0.05) is 48.0 Å². The standard InChI is InChI=1S/C41H36ClF4N5O5S/c1-55-33-13-3-26(4-14-33)24-51(25-27-5-15-34(56-2)16-6-27)57(53,54)39-37(42)38(49-36-21-31(41(44,45)46)10-7-30(36)22-47)35(23-48-39)40(52)50-19-17-29(18-20-50)28-8-11-32(43)12-9-28/h3-16,21,23,29H,17-20,24-25H2,1-2H3,(H,48,49). The summed E-state index contributed by atoms with van der Waals surface area (Å²) in [5.41, 5.74) is -0.171. The van der Waals surface area contributed by atoms with E-state index in [-0.39, 0.29) is 60.4 Å². The summed E-state index contributed by atoms with van der Waals surface area (Å²) in [5.74, 6) is 0.149. The molecule has 0 saturated carbocycles. The number of carbonyl (C=O) groups excluding carboxylic acids is 1. The highest BCUT2D eigenvalue weighted by Crippen LogP contribution is 2.40. The number of amides is 1. The lowest BCUT2D eigenvalue weighted by atomic mass is 9.89. The number of halogens is 5. The zero-order chi connectivity index (χ0) is 40.9. The first kappa shape index (κ1) is 41.0. The number of nitriles is 1. The van der Waals surface area contributed by atoms with Crippen molar-refractivity contribution in [1.82, 2.24) is 14.2 Å². The molecule has 1 amide bonds. The van der Waals surface area contributed by atoms with Gasteiger partial charge in [-0.15, -0.1) is 0 Å². The topological polar surface area (TPSA) is 125 Å².